The van der Waals surface area contributed by atoms with Gasteiger partial charge in [-0.15, -0.1) is 0 Å². The molecule has 7 nitrogen and oxygen atoms in total. The van der Waals surface area contributed by atoms with Crippen LogP contribution in [-0.2, 0) is 9.59 Å². The van der Waals surface area contributed by atoms with Gasteiger partial charge in [-0.3, -0.25) is 4.79 Å². The molecule has 1 amide bonds. The highest BCUT2D eigenvalue weighted by molar-refractivity contribution is 6.08. The first-order chi connectivity index (χ1) is 10.4. The molecule has 0 saturated heterocycles. The monoisotopic (exact) mass is 303 g/mol. The molecule has 0 aromatic heterocycles. The van der Waals surface area contributed by atoms with E-state index in [1.54, 1.807) is 36.4 Å². The van der Waals surface area contributed by atoms with Gasteiger partial charge in [0.2, 0.25) is 0 Å². The summed E-state index contributed by atoms with van der Waals surface area (Å²) in [6.07, 6.45) is -2.24. The Morgan fingerprint density at radius 2 is 1.55 bits per heavy atom. The average Bonchev–Trinajstić information content (AvgIpc) is 2.50. The number of fused-ring (bicyclic) bond motifs is 1. The molecule has 0 aliphatic rings. The Bertz CT molecular complexity index is 736. The van der Waals surface area contributed by atoms with Crippen LogP contribution in [0.15, 0.2) is 42.5 Å². The van der Waals surface area contributed by atoms with Crippen molar-refractivity contribution in [2.45, 2.75) is 12.1 Å². The molecule has 7 heteroatoms. The predicted molar refractivity (Wildman–Crippen MR) is 76.5 cm³/mol. The van der Waals surface area contributed by atoms with Gasteiger partial charge in [0.15, 0.2) is 12.1 Å². The molecule has 2 rings (SSSR count). The molecule has 0 radical (unpaired) electrons. The largest absolute Gasteiger partial charge is 0.480 e. The third-order valence-corrected chi connectivity index (χ3v) is 3.16. The lowest BCUT2D eigenvalue weighted by Gasteiger charge is -2.17. The van der Waals surface area contributed by atoms with E-state index in [0.29, 0.717) is 5.39 Å². The summed E-state index contributed by atoms with van der Waals surface area (Å²) in [6.45, 7) is 0. The lowest BCUT2D eigenvalue weighted by molar-refractivity contribution is -0.155. The van der Waals surface area contributed by atoms with E-state index < -0.39 is 30.0 Å². The SMILES string of the molecule is O=C(N[C@H](C(=O)O)C(O)C(=O)O)c1cccc2ccccc12. The van der Waals surface area contributed by atoms with Crippen molar-refractivity contribution < 1.29 is 29.7 Å². The van der Waals surface area contributed by atoms with Gasteiger partial charge < -0.3 is 20.6 Å². The summed E-state index contributed by atoms with van der Waals surface area (Å²) in [5.74, 6) is -4.14. The lowest BCUT2D eigenvalue weighted by Crippen LogP contribution is -2.51. The Morgan fingerprint density at radius 3 is 2.18 bits per heavy atom. The smallest absolute Gasteiger partial charge is 0.335 e. The summed E-state index contributed by atoms with van der Waals surface area (Å²) in [4.78, 5) is 34.0. The predicted octanol–water partition coefficient (Wildman–Crippen LogP) is 0.468. The van der Waals surface area contributed by atoms with Crippen molar-refractivity contribution in [1.82, 2.24) is 5.32 Å². The van der Waals surface area contributed by atoms with Crippen LogP contribution in [0.2, 0.25) is 0 Å². The Labute approximate surface area is 124 Å². The second-order valence-corrected chi connectivity index (χ2v) is 4.60. The van der Waals surface area contributed by atoms with Crippen LogP contribution in [0.3, 0.4) is 0 Å². The number of carboxylic acid groups (broad SMARTS) is 2. The first-order valence-electron chi connectivity index (χ1n) is 6.34. The van der Waals surface area contributed by atoms with Crippen LogP contribution in [0.25, 0.3) is 10.8 Å². The molecule has 114 valence electrons. The van der Waals surface area contributed by atoms with E-state index in [-0.39, 0.29) is 5.56 Å². The zero-order chi connectivity index (χ0) is 16.3. The van der Waals surface area contributed by atoms with Gasteiger partial charge in [0.05, 0.1) is 0 Å². The van der Waals surface area contributed by atoms with Crippen molar-refractivity contribution in [3.63, 3.8) is 0 Å². The molecular weight excluding hydrogens is 290 g/mol. The molecule has 4 N–H and O–H groups in total. The maximum Gasteiger partial charge on any atom is 0.335 e. The maximum absolute atomic E-state index is 12.2. The maximum atomic E-state index is 12.2. The Hall–Kier alpha value is -2.93. The first kappa shape index (κ1) is 15.5. The molecule has 0 bridgehead atoms. The van der Waals surface area contributed by atoms with E-state index in [9.17, 15) is 19.5 Å². The fourth-order valence-corrected chi connectivity index (χ4v) is 2.06. The van der Waals surface area contributed by atoms with E-state index in [0.717, 1.165) is 5.39 Å². The van der Waals surface area contributed by atoms with Gasteiger partial charge in [0, 0.05) is 5.56 Å². The number of carboxylic acids is 2. The van der Waals surface area contributed by atoms with Crippen LogP contribution in [0, 0.1) is 0 Å². The van der Waals surface area contributed by atoms with Gasteiger partial charge in [-0.1, -0.05) is 36.4 Å². The van der Waals surface area contributed by atoms with Gasteiger partial charge in [0.1, 0.15) is 0 Å². The Kier molecular flexibility index (Phi) is 4.38. The molecule has 0 aliphatic heterocycles. The first-order valence-corrected chi connectivity index (χ1v) is 6.34. The van der Waals surface area contributed by atoms with Crippen molar-refractivity contribution in [2.75, 3.05) is 0 Å². The highest BCUT2D eigenvalue weighted by Crippen LogP contribution is 2.18. The van der Waals surface area contributed by atoms with E-state index >= 15 is 0 Å². The van der Waals surface area contributed by atoms with Crippen LogP contribution < -0.4 is 5.32 Å². The van der Waals surface area contributed by atoms with E-state index in [1.165, 1.54) is 6.07 Å². The van der Waals surface area contributed by atoms with Gasteiger partial charge >= 0.3 is 11.9 Å². The molecule has 0 fully saturated rings. The fraction of sp³-hybridized carbons (Fsp3) is 0.133. The summed E-state index contributed by atoms with van der Waals surface area (Å²) in [5, 5.41) is 30.4. The molecule has 22 heavy (non-hydrogen) atoms. The topological polar surface area (TPSA) is 124 Å². The molecule has 1 unspecified atom stereocenters. The van der Waals surface area contributed by atoms with Crippen molar-refractivity contribution in [3.05, 3.63) is 48.0 Å². The zero-order valence-electron chi connectivity index (χ0n) is 11.3. The Morgan fingerprint density at radius 1 is 0.909 bits per heavy atom. The van der Waals surface area contributed by atoms with Gasteiger partial charge in [-0.05, 0) is 16.8 Å². The fourth-order valence-electron chi connectivity index (χ4n) is 2.06. The highest BCUT2D eigenvalue weighted by Gasteiger charge is 2.33. The van der Waals surface area contributed by atoms with Crippen molar-refractivity contribution >= 4 is 28.6 Å². The van der Waals surface area contributed by atoms with Crippen LogP contribution >= 0.6 is 0 Å². The van der Waals surface area contributed by atoms with Gasteiger partial charge in [-0.2, -0.15) is 0 Å². The van der Waals surface area contributed by atoms with E-state index in [1.807, 2.05) is 5.32 Å². The van der Waals surface area contributed by atoms with Crippen LogP contribution in [-0.4, -0.2) is 45.3 Å². The summed E-state index contributed by atoms with van der Waals surface area (Å²) >= 11 is 0. The quantitative estimate of drug-likeness (QED) is 0.636. The van der Waals surface area contributed by atoms with Crippen LogP contribution in [0.1, 0.15) is 10.4 Å². The molecule has 2 atom stereocenters. The summed E-state index contributed by atoms with van der Waals surface area (Å²) in [5.41, 5.74) is 0.196. The normalized spacial score (nSPS) is 13.3. The van der Waals surface area contributed by atoms with E-state index in [4.69, 9.17) is 10.2 Å². The average molecular weight is 303 g/mol. The zero-order valence-corrected chi connectivity index (χ0v) is 11.3. The van der Waals surface area contributed by atoms with Crippen molar-refractivity contribution in [2.24, 2.45) is 0 Å². The number of amides is 1. The third-order valence-electron chi connectivity index (χ3n) is 3.16. The number of aliphatic hydroxyl groups excluding tert-OH is 1. The second kappa shape index (κ2) is 6.23. The number of hydrogen-bond acceptors (Lipinski definition) is 4. The van der Waals surface area contributed by atoms with Gasteiger partial charge in [0.25, 0.3) is 5.91 Å². The summed E-state index contributed by atoms with van der Waals surface area (Å²) < 4.78 is 0. The number of hydrogen-bond donors (Lipinski definition) is 4. The molecule has 2 aromatic rings. The van der Waals surface area contributed by atoms with Gasteiger partial charge in [-0.25, -0.2) is 9.59 Å². The number of nitrogens with one attached hydrogen (secondary N) is 1. The second-order valence-electron chi connectivity index (χ2n) is 4.60. The van der Waals surface area contributed by atoms with E-state index in [2.05, 4.69) is 0 Å². The summed E-state index contributed by atoms with van der Waals surface area (Å²) in [7, 11) is 0. The third kappa shape index (κ3) is 3.04. The molecule has 0 heterocycles. The van der Waals surface area contributed by atoms with Crippen LogP contribution in [0.4, 0.5) is 0 Å². The number of aliphatic carboxylic acids is 2. The number of carbonyl (C=O) groups excluding carboxylic acids is 1. The number of benzene rings is 2. The molecular formula is C15H13NO6. The van der Waals surface area contributed by atoms with Crippen molar-refractivity contribution in [3.8, 4) is 0 Å². The van der Waals surface area contributed by atoms with Crippen LogP contribution in [0.5, 0.6) is 0 Å². The Balaban J connectivity index is 2.34. The van der Waals surface area contributed by atoms with Crippen molar-refractivity contribution in [1.29, 1.82) is 0 Å². The number of aliphatic hydroxyl groups is 1. The summed E-state index contributed by atoms with van der Waals surface area (Å²) in [6, 6.07) is 9.94. The standard InChI is InChI=1S/C15H13NO6/c17-12(15(21)22)11(14(19)20)16-13(18)10-7-3-5-8-4-1-2-6-9(8)10/h1-7,11-12,17H,(H,16,18)(H,19,20)(H,21,22)/t11-,12?/m0/s1. The lowest BCUT2D eigenvalue weighted by atomic mass is 10.0. The minimum Gasteiger partial charge on any atom is -0.480 e. The molecule has 2 aromatic carbocycles. The number of rotatable bonds is 5. The minimum atomic E-state index is -2.24. The molecule has 0 spiro atoms. The molecule has 0 saturated carbocycles. The highest BCUT2D eigenvalue weighted by atomic mass is 16.4. The molecule has 0 aliphatic carbocycles. The number of carbonyl (C=O) groups is 3. The minimum absolute atomic E-state index is 0.196.